The quantitative estimate of drug-likeness (QED) is 0.833. The first kappa shape index (κ1) is 15.2. The molecular weight excluding hydrogens is 250 g/mol. The Morgan fingerprint density at radius 2 is 2.20 bits per heavy atom. The third-order valence-corrected chi connectivity index (χ3v) is 4.71. The molecule has 0 amide bonds. The summed E-state index contributed by atoms with van der Waals surface area (Å²) in [6, 6.07) is 2.44. The maximum atomic E-state index is 12.4. The lowest BCUT2D eigenvalue weighted by Crippen LogP contribution is -2.26. The molecule has 1 fully saturated rings. The number of rotatable bonds is 7. The lowest BCUT2D eigenvalue weighted by atomic mass is 9.90. The minimum atomic E-state index is 0.165. The monoisotopic (exact) mass is 277 g/mol. The summed E-state index contributed by atoms with van der Waals surface area (Å²) < 4.78 is 2.01. The van der Waals surface area contributed by atoms with Gasteiger partial charge >= 0.3 is 0 Å². The van der Waals surface area contributed by atoms with E-state index in [1.54, 1.807) is 0 Å². The summed E-state index contributed by atoms with van der Waals surface area (Å²) in [6.07, 6.45) is 7.88. The number of aromatic nitrogens is 2. The maximum Gasteiger partial charge on any atom is 0.142 e. The van der Waals surface area contributed by atoms with Crippen molar-refractivity contribution < 1.29 is 4.79 Å². The Bertz CT molecular complexity index is 437. The van der Waals surface area contributed by atoms with Gasteiger partial charge in [0.15, 0.2) is 0 Å². The zero-order valence-electron chi connectivity index (χ0n) is 12.7. The van der Waals surface area contributed by atoms with Crippen LogP contribution in [0.5, 0.6) is 0 Å². The molecule has 0 radical (unpaired) electrons. The fourth-order valence-corrected chi connectivity index (χ4v) is 3.39. The second kappa shape index (κ2) is 7.02. The van der Waals surface area contributed by atoms with Crippen LogP contribution in [0.25, 0.3) is 0 Å². The summed E-state index contributed by atoms with van der Waals surface area (Å²) in [5.41, 5.74) is 6.67. The lowest BCUT2D eigenvalue weighted by Gasteiger charge is -2.16. The van der Waals surface area contributed by atoms with Crippen molar-refractivity contribution in [2.75, 3.05) is 6.54 Å². The van der Waals surface area contributed by atoms with Gasteiger partial charge in [-0.15, -0.1) is 0 Å². The third-order valence-electron chi connectivity index (χ3n) is 4.71. The van der Waals surface area contributed by atoms with E-state index >= 15 is 0 Å². The highest BCUT2D eigenvalue weighted by atomic mass is 16.1. The molecule has 1 saturated carbocycles. The minimum Gasteiger partial charge on any atom is -0.330 e. The normalized spacial score (nSPS) is 22.6. The molecule has 0 spiro atoms. The first-order valence-corrected chi connectivity index (χ1v) is 7.96. The van der Waals surface area contributed by atoms with Crippen LogP contribution in [0.1, 0.15) is 57.7 Å². The second-order valence-electron chi connectivity index (χ2n) is 5.93. The van der Waals surface area contributed by atoms with Gasteiger partial charge in [-0.1, -0.05) is 20.3 Å². The highest BCUT2D eigenvalue weighted by molar-refractivity contribution is 5.83. The lowest BCUT2D eigenvalue weighted by molar-refractivity contribution is -0.123. The molecule has 1 aliphatic rings. The number of ketones is 1. The molecule has 4 nitrogen and oxygen atoms in total. The highest BCUT2D eigenvalue weighted by Crippen LogP contribution is 2.32. The molecule has 2 atom stereocenters. The zero-order valence-corrected chi connectivity index (χ0v) is 12.7. The number of nitrogens with zero attached hydrogens (tertiary/aromatic N) is 2. The van der Waals surface area contributed by atoms with Crippen molar-refractivity contribution in [2.24, 2.45) is 17.6 Å². The Morgan fingerprint density at radius 3 is 2.85 bits per heavy atom. The van der Waals surface area contributed by atoms with Gasteiger partial charge in [-0.2, -0.15) is 5.10 Å². The predicted molar refractivity (Wildman–Crippen MR) is 80.4 cm³/mol. The van der Waals surface area contributed by atoms with E-state index in [0.717, 1.165) is 37.8 Å². The van der Waals surface area contributed by atoms with Crippen LogP contribution in [0.15, 0.2) is 12.3 Å². The number of hydrogen-bond donors (Lipinski definition) is 1. The number of Topliss-reactive ketones (excluding diaryl/α,β-unsaturated/α-hetero) is 1. The van der Waals surface area contributed by atoms with E-state index in [1.807, 2.05) is 16.9 Å². The predicted octanol–water partition coefficient (Wildman–Crippen LogP) is 2.73. The number of carbonyl (C=O) groups excluding carboxylic acids is 1. The molecular formula is C16H27N3O. The number of carbonyl (C=O) groups is 1. The average molecular weight is 277 g/mol. The van der Waals surface area contributed by atoms with Crippen LogP contribution in [0.4, 0.5) is 0 Å². The van der Waals surface area contributed by atoms with Crippen molar-refractivity contribution >= 4 is 5.78 Å². The summed E-state index contributed by atoms with van der Waals surface area (Å²) in [7, 11) is 0. The van der Waals surface area contributed by atoms with Crippen molar-refractivity contribution in [3.05, 3.63) is 18.0 Å². The van der Waals surface area contributed by atoms with E-state index in [-0.39, 0.29) is 5.92 Å². The average Bonchev–Trinajstić information content (AvgIpc) is 3.09. The molecule has 2 rings (SSSR count). The molecule has 1 aliphatic carbocycles. The van der Waals surface area contributed by atoms with Crippen LogP contribution in [0, 0.1) is 11.8 Å². The summed E-state index contributed by atoms with van der Waals surface area (Å²) in [5.74, 6) is 0.884. The van der Waals surface area contributed by atoms with E-state index < -0.39 is 0 Å². The molecule has 20 heavy (non-hydrogen) atoms. The SMILES string of the molecule is CCC(CC)n1ccc(CC(=O)C2CCCC2CN)n1. The molecule has 4 heteroatoms. The van der Waals surface area contributed by atoms with Crippen molar-refractivity contribution in [1.82, 2.24) is 9.78 Å². The first-order valence-electron chi connectivity index (χ1n) is 7.96. The van der Waals surface area contributed by atoms with Crippen LogP contribution in [-0.2, 0) is 11.2 Å². The van der Waals surface area contributed by atoms with Gasteiger partial charge < -0.3 is 5.73 Å². The van der Waals surface area contributed by atoms with Crippen LogP contribution in [-0.4, -0.2) is 22.1 Å². The van der Waals surface area contributed by atoms with E-state index in [1.165, 1.54) is 0 Å². The summed E-state index contributed by atoms with van der Waals surface area (Å²) in [5, 5.41) is 4.58. The molecule has 1 heterocycles. The van der Waals surface area contributed by atoms with Crippen molar-refractivity contribution in [3.8, 4) is 0 Å². The molecule has 1 aromatic heterocycles. The molecule has 1 aromatic rings. The van der Waals surface area contributed by atoms with Crippen molar-refractivity contribution in [2.45, 2.75) is 58.4 Å². The van der Waals surface area contributed by atoms with Gasteiger partial charge in [-0.25, -0.2) is 0 Å². The largest absolute Gasteiger partial charge is 0.330 e. The van der Waals surface area contributed by atoms with Crippen molar-refractivity contribution in [3.63, 3.8) is 0 Å². The van der Waals surface area contributed by atoms with Gasteiger partial charge in [0.25, 0.3) is 0 Å². The fourth-order valence-electron chi connectivity index (χ4n) is 3.39. The molecule has 112 valence electrons. The van der Waals surface area contributed by atoms with Gasteiger partial charge in [0.1, 0.15) is 5.78 Å². The van der Waals surface area contributed by atoms with Crippen LogP contribution >= 0.6 is 0 Å². The van der Waals surface area contributed by atoms with E-state index in [9.17, 15) is 4.79 Å². The van der Waals surface area contributed by atoms with Gasteiger partial charge in [-0.3, -0.25) is 9.48 Å². The summed E-state index contributed by atoms with van der Waals surface area (Å²) >= 11 is 0. The Kier molecular flexibility index (Phi) is 5.35. The van der Waals surface area contributed by atoms with Crippen molar-refractivity contribution in [1.29, 1.82) is 0 Å². The van der Waals surface area contributed by atoms with Gasteiger partial charge in [-0.05, 0) is 44.2 Å². The van der Waals surface area contributed by atoms with Crippen LogP contribution in [0.2, 0.25) is 0 Å². The minimum absolute atomic E-state index is 0.165. The molecule has 0 saturated heterocycles. The maximum absolute atomic E-state index is 12.4. The molecule has 0 aromatic carbocycles. The van der Waals surface area contributed by atoms with Crippen LogP contribution < -0.4 is 5.73 Å². The number of nitrogens with two attached hydrogens (primary N) is 1. The first-order chi connectivity index (χ1) is 9.69. The van der Waals surface area contributed by atoms with Gasteiger partial charge in [0.2, 0.25) is 0 Å². The Hall–Kier alpha value is -1.16. The second-order valence-corrected chi connectivity index (χ2v) is 5.93. The molecule has 2 unspecified atom stereocenters. The number of hydrogen-bond acceptors (Lipinski definition) is 3. The topological polar surface area (TPSA) is 60.9 Å². The van der Waals surface area contributed by atoms with E-state index in [0.29, 0.717) is 30.7 Å². The molecule has 0 aliphatic heterocycles. The Morgan fingerprint density at radius 1 is 1.45 bits per heavy atom. The standard InChI is InChI=1S/C16H27N3O/c1-3-14(4-2)19-9-8-13(18-19)10-16(20)15-7-5-6-12(15)11-17/h8-9,12,14-15H,3-7,10-11,17H2,1-2H3. The summed E-state index contributed by atoms with van der Waals surface area (Å²) in [6.45, 7) is 4.98. The smallest absolute Gasteiger partial charge is 0.142 e. The van der Waals surface area contributed by atoms with Crippen LogP contribution in [0.3, 0.4) is 0 Å². The van der Waals surface area contributed by atoms with Gasteiger partial charge in [0, 0.05) is 12.1 Å². The van der Waals surface area contributed by atoms with Gasteiger partial charge in [0.05, 0.1) is 18.2 Å². The molecule has 0 bridgehead atoms. The third kappa shape index (κ3) is 3.29. The van der Waals surface area contributed by atoms with E-state index in [2.05, 4.69) is 18.9 Å². The fraction of sp³-hybridized carbons (Fsp3) is 0.750. The van der Waals surface area contributed by atoms with E-state index in [4.69, 9.17) is 5.73 Å². The Labute approximate surface area is 121 Å². The summed E-state index contributed by atoms with van der Waals surface area (Å²) in [4.78, 5) is 12.4. The zero-order chi connectivity index (χ0) is 14.5. The molecule has 2 N–H and O–H groups in total. The Balaban J connectivity index is 1.98. The highest BCUT2D eigenvalue weighted by Gasteiger charge is 2.31.